The van der Waals surface area contributed by atoms with E-state index in [4.69, 9.17) is 21.6 Å². The maximum absolute atomic E-state index is 12.9. The molecule has 8 heteroatoms. The van der Waals surface area contributed by atoms with Gasteiger partial charge in [-0.25, -0.2) is 14.8 Å². The second-order valence-corrected chi connectivity index (χ2v) is 10.9. The Morgan fingerprint density at radius 3 is 2.47 bits per heavy atom. The number of amides is 2. The molecule has 5 rings (SSSR count). The number of aryl methyl sites for hydroxylation is 5. The average molecular weight is 520 g/mol. The second kappa shape index (κ2) is 10.4. The number of carbonyl (C=O) groups is 1. The van der Waals surface area contributed by atoms with Gasteiger partial charge in [0.1, 0.15) is 16.5 Å². The lowest BCUT2D eigenvalue weighted by molar-refractivity contribution is 0.208. The van der Waals surface area contributed by atoms with Crippen LogP contribution in [0.15, 0.2) is 48.5 Å². The summed E-state index contributed by atoms with van der Waals surface area (Å²) in [6.07, 6.45) is 1.70. The van der Waals surface area contributed by atoms with Gasteiger partial charge in [0.2, 0.25) is 0 Å². The molecule has 1 aliphatic heterocycles. The van der Waals surface area contributed by atoms with Crippen LogP contribution in [0.5, 0.6) is 0 Å². The van der Waals surface area contributed by atoms with Gasteiger partial charge in [-0.3, -0.25) is 0 Å². The Hall–Kier alpha value is -3.16. The zero-order valence-corrected chi connectivity index (χ0v) is 22.4. The fraction of sp³-hybridized carbons (Fsp3) is 0.321. The van der Waals surface area contributed by atoms with E-state index >= 15 is 0 Å². The number of hydrogen-bond acceptors (Lipinski definition) is 5. The van der Waals surface area contributed by atoms with Crippen LogP contribution in [0.25, 0.3) is 10.2 Å². The van der Waals surface area contributed by atoms with E-state index in [0.717, 1.165) is 53.4 Å². The fourth-order valence-electron chi connectivity index (χ4n) is 4.51. The molecule has 0 radical (unpaired) electrons. The molecule has 0 aliphatic carbocycles. The van der Waals surface area contributed by atoms with Crippen LogP contribution in [0.3, 0.4) is 0 Å². The molecule has 0 saturated carbocycles. The summed E-state index contributed by atoms with van der Waals surface area (Å²) in [5, 5.41) is 4.77. The van der Waals surface area contributed by atoms with Crippen molar-refractivity contribution in [3.05, 3.63) is 80.9 Å². The Labute approximate surface area is 220 Å². The summed E-state index contributed by atoms with van der Waals surface area (Å²) in [6, 6.07) is 16.0. The van der Waals surface area contributed by atoms with Crippen LogP contribution in [0.1, 0.15) is 27.4 Å². The van der Waals surface area contributed by atoms with Gasteiger partial charge in [0.25, 0.3) is 0 Å². The first-order chi connectivity index (χ1) is 17.4. The standard InChI is InChI=1S/C28H30ClN5OS/c1-18-9-11-22(17-23(18)29)30-28(35)34-15-13-33(14-16-34)26-25-19(2)20(3)36-27(25)32-24(31-26)12-10-21-7-5-4-6-8-21/h4-9,11,17H,10,12-16H2,1-3H3,(H,30,35). The Kier molecular flexibility index (Phi) is 7.12. The predicted molar refractivity (Wildman–Crippen MR) is 150 cm³/mol. The third-order valence-electron chi connectivity index (χ3n) is 6.83. The fourth-order valence-corrected chi connectivity index (χ4v) is 5.73. The average Bonchev–Trinajstić information content (AvgIpc) is 3.18. The molecule has 1 aliphatic rings. The maximum Gasteiger partial charge on any atom is 0.321 e. The quantitative estimate of drug-likeness (QED) is 0.331. The highest BCUT2D eigenvalue weighted by Crippen LogP contribution is 2.35. The topological polar surface area (TPSA) is 61.4 Å². The van der Waals surface area contributed by atoms with Crippen LogP contribution in [0, 0.1) is 20.8 Å². The van der Waals surface area contributed by atoms with Crippen LogP contribution >= 0.6 is 22.9 Å². The van der Waals surface area contributed by atoms with Crippen LogP contribution < -0.4 is 10.2 Å². The van der Waals surface area contributed by atoms with Gasteiger partial charge in [-0.05, 0) is 56.0 Å². The molecule has 2 aromatic heterocycles. The zero-order chi connectivity index (χ0) is 25.2. The molecule has 3 heterocycles. The third-order valence-corrected chi connectivity index (χ3v) is 8.33. The number of halogens is 1. The zero-order valence-electron chi connectivity index (χ0n) is 20.8. The lowest BCUT2D eigenvalue weighted by atomic mass is 10.1. The number of piperazine rings is 1. The summed E-state index contributed by atoms with van der Waals surface area (Å²) in [7, 11) is 0. The largest absolute Gasteiger partial charge is 0.352 e. The van der Waals surface area contributed by atoms with Gasteiger partial charge in [-0.1, -0.05) is 48.0 Å². The van der Waals surface area contributed by atoms with Crippen LogP contribution in [-0.4, -0.2) is 47.1 Å². The van der Waals surface area contributed by atoms with Gasteiger partial charge in [0, 0.05) is 48.2 Å². The van der Waals surface area contributed by atoms with Gasteiger partial charge >= 0.3 is 6.03 Å². The SMILES string of the molecule is Cc1ccc(NC(=O)N2CCN(c3nc(CCc4ccccc4)nc4sc(C)c(C)c34)CC2)cc1Cl. The van der Waals surface area contributed by atoms with Gasteiger partial charge in [-0.15, -0.1) is 11.3 Å². The number of nitrogens with one attached hydrogen (secondary N) is 1. The first kappa shape index (κ1) is 24.5. The predicted octanol–water partition coefficient (Wildman–Crippen LogP) is 6.41. The number of benzene rings is 2. The highest BCUT2D eigenvalue weighted by molar-refractivity contribution is 7.18. The molecule has 2 amide bonds. The monoisotopic (exact) mass is 519 g/mol. The van der Waals surface area contributed by atoms with Gasteiger partial charge in [-0.2, -0.15) is 0 Å². The molecule has 6 nitrogen and oxygen atoms in total. The van der Waals surface area contributed by atoms with E-state index in [-0.39, 0.29) is 6.03 Å². The number of hydrogen-bond donors (Lipinski definition) is 1. The number of aromatic nitrogens is 2. The van der Waals surface area contributed by atoms with E-state index in [9.17, 15) is 4.79 Å². The lowest BCUT2D eigenvalue weighted by Gasteiger charge is -2.35. The summed E-state index contributed by atoms with van der Waals surface area (Å²) in [4.78, 5) is 29.3. The van der Waals surface area contributed by atoms with Gasteiger partial charge in [0.05, 0.1) is 5.39 Å². The number of anilines is 2. The maximum atomic E-state index is 12.9. The van der Waals surface area contributed by atoms with E-state index in [1.54, 1.807) is 17.4 Å². The Bertz CT molecular complexity index is 1400. The third kappa shape index (κ3) is 5.18. The molecular formula is C28H30ClN5OS. The highest BCUT2D eigenvalue weighted by atomic mass is 35.5. The van der Waals surface area contributed by atoms with Crippen LogP contribution in [0.2, 0.25) is 5.02 Å². The number of thiophene rings is 1. The van der Waals surface area contributed by atoms with Crippen molar-refractivity contribution >= 4 is 50.7 Å². The molecule has 36 heavy (non-hydrogen) atoms. The molecule has 0 unspecified atom stereocenters. The summed E-state index contributed by atoms with van der Waals surface area (Å²) in [5.74, 6) is 1.87. The smallest absolute Gasteiger partial charge is 0.321 e. The summed E-state index contributed by atoms with van der Waals surface area (Å²) in [5.41, 5.74) is 4.23. The first-order valence-electron chi connectivity index (χ1n) is 12.3. The van der Waals surface area contributed by atoms with E-state index in [1.165, 1.54) is 16.0 Å². The van der Waals surface area contributed by atoms with Gasteiger partial charge in [0.15, 0.2) is 0 Å². The normalized spacial score (nSPS) is 13.9. The number of carbonyl (C=O) groups excluding carboxylic acids is 1. The van der Waals surface area contributed by atoms with Crippen LogP contribution in [-0.2, 0) is 12.8 Å². The highest BCUT2D eigenvalue weighted by Gasteiger charge is 2.25. The molecule has 0 spiro atoms. The summed E-state index contributed by atoms with van der Waals surface area (Å²) >= 11 is 7.96. The number of nitrogens with zero attached hydrogens (tertiary/aromatic N) is 4. The van der Waals surface area contributed by atoms with Crippen molar-refractivity contribution in [1.29, 1.82) is 0 Å². The van der Waals surface area contributed by atoms with Crippen molar-refractivity contribution in [2.75, 3.05) is 36.4 Å². The van der Waals surface area contributed by atoms with E-state index < -0.39 is 0 Å². The number of rotatable bonds is 5. The Morgan fingerprint density at radius 2 is 1.75 bits per heavy atom. The minimum atomic E-state index is -0.103. The van der Waals surface area contributed by atoms with E-state index in [1.807, 2.05) is 30.0 Å². The molecular weight excluding hydrogens is 490 g/mol. The minimum Gasteiger partial charge on any atom is -0.352 e. The molecule has 1 N–H and O–H groups in total. The van der Waals surface area contributed by atoms with E-state index in [2.05, 4.69) is 48.3 Å². The molecule has 186 valence electrons. The molecule has 0 atom stereocenters. The van der Waals surface area contributed by atoms with Crippen molar-refractivity contribution in [2.24, 2.45) is 0 Å². The molecule has 1 saturated heterocycles. The lowest BCUT2D eigenvalue weighted by Crippen LogP contribution is -2.50. The van der Waals surface area contributed by atoms with E-state index in [0.29, 0.717) is 23.8 Å². The van der Waals surface area contributed by atoms with Crippen LogP contribution in [0.4, 0.5) is 16.3 Å². The van der Waals surface area contributed by atoms with Crippen molar-refractivity contribution in [1.82, 2.24) is 14.9 Å². The minimum absolute atomic E-state index is 0.103. The van der Waals surface area contributed by atoms with Gasteiger partial charge < -0.3 is 15.1 Å². The number of urea groups is 1. The first-order valence-corrected chi connectivity index (χ1v) is 13.5. The number of fused-ring (bicyclic) bond motifs is 1. The molecule has 4 aromatic rings. The molecule has 1 fully saturated rings. The summed E-state index contributed by atoms with van der Waals surface area (Å²) in [6.45, 7) is 8.94. The van der Waals surface area contributed by atoms with Crippen molar-refractivity contribution in [2.45, 2.75) is 33.6 Å². The molecule has 2 aromatic carbocycles. The Balaban J connectivity index is 1.32. The molecule has 0 bridgehead atoms. The van der Waals surface area contributed by atoms with Crippen molar-refractivity contribution < 1.29 is 4.79 Å². The second-order valence-electron chi connectivity index (χ2n) is 9.28. The van der Waals surface area contributed by atoms with Crippen molar-refractivity contribution in [3.8, 4) is 0 Å². The summed E-state index contributed by atoms with van der Waals surface area (Å²) < 4.78 is 0. The van der Waals surface area contributed by atoms with Crippen molar-refractivity contribution in [3.63, 3.8) is 0 Å². The Morgan fingerprint density at radius 1 is 1.00 bits per heavy atom.